The molecule has 0 radical (unpaired) electrons. The van der Waals surface area contributed by atoms with Gasteiger partial charge in [0, 0.05) is 31.1 Å². The van der Waals surface area contributed by atoms with Gasteiger partial charge in [0.2, 0.25) is 11.8 Å². The summed E-state index contributed by atoms with van der Waals surface area (Å²) in [6.45, 7) is 3.62. The Bertz CT molecular complexity index is 1840. The summed E-state index contributed by atoms with van der Waals surface area (Å²) in [5.41, 5.74) is 0.894. The van der Waals surface area contributed by atoms with Gasteiger partial charge >= 0.3 is 0 Å². The molecule has 0 bridgehead atoms. The summed E-state index contributed by atoms with van der Waals surface area (Å²) in [4.78, 5) is 29.3. The van der Waals surface area contributed by atoms with Crippen molar-refractivity contribution in [1.29, 1.82) is 0 Å². The molecule has 0 unspecified atom stereocenters. The van der Waals surface area contributed by atoms with Crippen molar-refractivity contribution >= 4 is 27.5 Å². The van der Waals surface area contributed by atoms with Crippen LogP contribution in [-0.4, -0.2) is 57.5 Å². The molecule has 1 N–H and O–H groups in total. The van der Waals surface area contributed by atoms with Gasteiger partial charge in [-0.1, -0.05) is 62.4 Å². The lowest BCUT2D eigenvalue weighted by Crippen LogP contribution is -2.53. The molecule has 4 aromatic carbocycles. The molecule has 0 saturated heterocycles. The number of hydrogen-bond donors (Lipinski definition) is 1. The molecule has 2 amide bonds. The van der Waals surface area contributed by atoms with Crippen LogP contribution in [0.4, 0.5) is 14.5 Å². The van der Waals surface area contributed by atoms with Crippen LogP contribution in [0.5, 0.6) is 11.5 Å². The number of carbonyl (C=O) groups is 2. The highest BCUT2D eigenvalue weighted by Crippen LogP contribution is 2.34. The number of carbonyl (C=O) groups excluding carboxylic acids is 2. The van der Waals surface area contributed by atoms with Crippen LogP contribution in [-0.2, 0) is 32.6 Å². The first kappa shape index (κ1) is 34.4. The summed E-state index contributed by atoms with van der Waals surface area (Å²) in [6, 6.07) is 22.6. The molecule has 9 nitrogen and oxygen atoms in total. The number of amides is 2. The van der Waals surface area contributed by atoms with Gasteiger partial charge in [-0.25, -0.2) is 17.2 Å². The second kappa shape index (κ2) is 15.3. The highest BCUT2D eigenvalue weighted by atomic mass is 32.2. The van der Waals surface area contributed by atoms with Gasteiger partial charge in [-0.15, -0.1) is 0 Å². The third-order valence-electron chi connectivity index (χ3n) is 7.75. The standard InChI is InChI=1S/C36H37F2N3O6S/c1-25(2)22-39-36(43)32(20-26-8-4-3-5-9-26)40(23-27-10-6-7-11-31(27)38)35(42)24-41(29-14-12-28(37)13-15-29)48(44,45)30-16-17-33-34(21-30)47-19-18-46-33/h3-17,21,25,32H,18-20,22-24H2,1-2H3,(H,39,43)/t32-/m0/s1. The fourth-order valence-electron chi connectivity index (χ4n) is 5.23. The van der Waals surface area contributed by atoms with E-state index in [0.29, 0.717) is 18.9 Å². The lowest BCUT2D eigenvalue weighted by atomic mass is 10.0. The minimum absolute atomic E-state index is 0.00866. The normalized spacial score (nSPS) is 13.1. The zero-order chi connectivity index (χ0) is 34.3. The Balaban J connectivity index is 1.57. The fourth-order valence-corrected chi connectivity index (χ4v) is 6.66. The largest absolute Gasteiger partial charge is 0.486 e. The predicted molar refractivity (Wildman–Crippen MR) is 177 cm³/mol. The fraction of sp³-hybridized carbons (Fsp3) is 0.278. The number of benzene rings is 4. The first-order chi connectivity index (χ1) is 23.0. The van der Waals surface area contributed by atoms with Crippen molar-refractivity contribution in [1.82, 2.24) is 10.2 Å². The van der Waals surface area contributed by atoms with Crippen LogP contribution in [0.3, 0.4) is 0 Å². The molecule has 252 valence electrons. The Kier molecular flexibility index (Phi) is 10.9. The van der Waals surface area contributed by atoms with Gasteiger partial charge in [0.1, 0.15) is 37.4 Å². The molecule has 1 heterocycles. The van der Waals surface area contributed by atoms with Crippen LogP contribution in [0.25, 0.3) is 0 Å². The van der Waals surface area contributed by atoms with E-state index < -0.39 is 46.1 Å². The van der Waals surface area contributed by atoms with Crippen LogP contribution >= 0.6 is 0 Å². The summed E-state index contributed by atoms with van der Waals surface area (Å²) < 4.78 is 69.6. The maximum absolute atomic E-state index is 15.1. The molecule has 4 aromatic rings. The van der Waals surface area contributed by atoms with E-state index in [1.807, 2.05) is 32.0 Å². The topological polar surface area (TPSA) is 105 Å². The molecule has 1 aliphatic rings. The van der Waals surface area contributed by atoms with Crippen molar-refractivity contribution in [3.8, 4) is 11.5 Å². The number of anilines is 1. The predicted octanol–water partition coefficient (Wildman–Crippen LogP) is 5.34. The minimum Gasteiger partial charge on any atom is -0.486 e. The maximum atomic E-state index is 15.1. The minimum atomic E-state index is -4.48. The first-order valence-electron chi connectivity index (χ1n) is 15.6. The Morgan fingerprint density at radius 1 is 0.854 bits per heavy atom. The Morgan fingerprint density at radius 2 is 1.52 bits per heavy atom. The average molecular weight is 678 g/mol. The monoisotopic (exact) mass is 677 g/mol. The molecule has 0 fully saturated rings. The molecule has 0 saturated carbocycles. The van der Waals surface area contributed by atoms with Gasteiger partial charge in [-0.2, -0.15) is 0 Å². The molecule has 0 aromatic heterocycles. The molecule has 5 rings (SSSR count). The third kappa shape index (κ3) is 8.29. The van der Waals surface area contributed by atoms with Crippen molar-refractivity contribution in [2.45, 2.75) is 37.8 Å². The number of sulfonamides is 1. The number of nitrogens with one attached hydrogen (secondary N) is 1. The zero-order valence-corrected chi connectivity index (χ0v) is 27.5. The quantitative estimate of drug-likeness (QED) is 0.205. The SMILES string of the molecule is CC(C)CNC(=O)[C@H](Cc1ccccc1)N(Cc1ccccc1F)C(=O)CN(c1ccc(F)cc1)S(=O)(=O)c1ccc2c(c1)OCCO2. The number of fused-ring (bicyclic) bond motifs is 1. The summed E-state index contributed by atoms with van der Waals surface area (Å²) >= 11 is 0. The summed E-state index contributed by atoms with van der Waals surface area (Å²) in [6.07, 6.45) is 0.0798. The van der Waals surface area contributed by atoms with Gasteiger partial charge in [-0.3, -0.25) is 13.9 Å². The van der Waals surface area contributed by atoms with Crippen molar-refractivity contribution < 1.29 is 36.3 Å². The Morgan fingerprint density at radius 3 is 2.21 bits per heavy atom. The number of nitrogens with zero attached hydrogens (tertiary/aromatic N) is 2. The highest BCUT2D eigenvalue weighted by molar-refractivity contribution is 7.92. The molecule has 1 atom stereocenters. The van der Waals surface area contributed by atoms with Gasteiger partial charge in [0.05, 0.1) is 10.6 Å². The molecule has 48 heavy (non-hydrogen) atoms. The lowest BCUT2D eigenvalue weighted by Gasteiger charge is -2.34. The zero-order valence-electron chi connectivity index (χ0n) is 26.6. The van der Waals surface area contributed by atoms with Crippen molar-refractivity contribution in [2.75, 3.05) is 30.6 Å². The van der Waals surface area contributed by atoms with E-state index in [2.05, 4.69) is 5.32 Å². The van der Waals surface area contributed by atoms with Crippen LogP contribution in [0.1, 0.15) is 25.0 Å². The highest BCUT2D eigenvalue weighted by Gasteiger charge is 2.35. The van der Waals surface area contributed by atoms with E-state index in [9.17, 15) is 22.4 Å². The van der Waals surface area contributed by atoms with E-state index in [1.165, 1.54) is 53.4 Å². The molecule has 1 aliphatic heterocycles. The molecule has 12 heteroatoms. The van der Waals surface area contributed by atoms with Crippen LogP contribution in [0, 0.1) is 17.6 Å². The summed E-state index contributed by atoms with van der Waals surface area (Å²) in [5, 5.41) is 2.89. The van der Waals surface area contributed by atoms with Crippen LogP contribution in [0.15, 0.2) is 102 Å². The molecule has 0 spiro atoms. The Hall–Kier alpha value is -4.97. The van der Waals surface area contributed by atoms with E-state index in [-0.39, 0.29) is 47.4 Å². The number of hydrogen-bond acceptors (Lipinski definition) is 6. The van der Waals surface area contributed by atoms with Crippen LogP contribution < -0.4 is 19.1 Å². The number of halogens is 2. The number of rotatable bonds is 13. The summed E-state index contributed by atoms with van der Waals surface area (Å²) in [5.74, 6) is -1.74. The molecular formula is C36H37F2N3O6S. The van der Waals surface area contributed by atoms with Gasteiger partial charge < -0.3 is 19.7 Å². The summed E-state index contributed by atoms with van der Waals surface area (Å²) in [7, 11) is -4.48. The molecule has 0 aliphatic carbocycles. The van der Waals surface area contributed by atoms with Crippen molar-refractivity contribution in [2.24, 2.45) is 5.92 Å². The smallest absolute Gasteiger partial charge is 0.264 e. The van der Waals surface area contributed by atoms with E-state index >= 15 is 4.39 Å². The third-order valence-corrected chi connectivity index (χ3v) is 9.52. The Labute approximate surface area is 279 Å². The van der Waals surface area contributed by atoms with Crippen molar-refractivity contribution in [3.05, 3.63) is 120 Å². The van der Waals surface area contributed by atoms with Gasteiger partial charge in [0.25, 0.3) is 10.0 Å². The van der Waals surface area contributed by atoms with E-state index in [1.54, 1.807) is 18.2 Å². The average Bonchev–Trinajstić information content (AvgIpc) is 3.09. The van der Waals surface area contributed by atoms with Gasteiger partial charge in [-0.05, 0) is 53.9 Å². The second-order valence-electron chi connectivity index (χ2n) is 11.8. The van der Waals surface area contributed by atoms with E-state index in [4.69, 9.17) is 9.47 Å². The number of ether oxygens (including phenoxy) is 2. The van der Waals surface area contributed by atoms with Crippen molar-refractivity contribution in [3.63, 3.8) is 0 Å². The maximum Gasteiger partial charge on any atom is 0.264 e. The van der Waals surface area contributed by atoms with Gasteiger partial charge in [0.15, 0.2) is 11.5 Å². The van der Waals surface area contributed by atoms with E-state index in [0.717, 1.165) is 22.0 Å². The second-order valence-corrected chi connectivity index (χ2v) is 13.6. The lowest BCUT2D eigenvalue weighted by molar-refractivity contribution is -0.140. The van der Waals surface area contributed by atoms with Crippen LogP contribution in [0.2, 0.25) is 0 Å². The first-order valence-corrected chi connectivity index (χ1v) is 17.0. The molecular weight excluding hydrogens is 640 g/mol.